The zero-order chi connectivity index (χ0) is 23.4. The summed E-state index contributed by atoms with van der Waals surface area (Å²) >= 11 is 0. The van der Waals surface area contributed by atoms with Gasteiger partial charge in [-0.05, 0) is 36.8 Å². The number of nitrogens with one attached hydrogen (secondary N) is 3. The van der Waals surface area contributed by atoms with Crippen molar-refractivity contribution in [2.75, 3.05) is 5.32 Å². The Kier molecular flexibility index (Phi) is 4.44. The molecule has 2 atom stereocenters. The van der Waals surface area contributed by atoms with E-state index in [1.165, 1.54) is 15.3 Å². The monoisotopic (exact) mass is 458 g/mol. The van der Waals surface area contributed by atoms with Crippen molar-refractivity contribution in [2.24, 2.45) is 0 Å². The Labute approximate surface area is 191 Å². The number of amides is 1. The molecular formula is C23H19FN8O2. The molecule has 0 unspecified atom stereocenters. The number of nitrogens with zero attached hydrogens (tertiary/aromatic N) is 5. The lowest BCUT2D eigenvalue weighted by Crippen LogP contribution is -2.28. The Hall–Kier alpha value is -4.54. The highest BCUT2D eigenvalue weighted by molar-refractivity contribution is 6.01. The summed E-state index contributed by atoms with van der Waals surface area (Å²) in [5, 5.41) is 11.0. The number of aromatic nitrogens is 6. The van der Waals surface area contributed by atoms with E-state index >= 15 is 0 Å². The molecule has 1 aliphatic rings. The number of aromatic amines is 1. The summed E-state index contributed by atoms with van der Waals surface area (Å²) in [5.41, 5.74) is 2.21. The third kappa shape index (κ3) is 3.29. The van der Waals surface area contributed by atoms with E-state index in [1.807, 2.05) is 13.0 Å². The van der Waals surface area contributed by atoms with Crippen LogP contribution in [-0.4, -0.2) is 47.3 Å². The number of imidazole rings is 1. The van der Waals surface area contributed by atoms with Crippen LogP contribution in [0.1, 0.15) is 22.5 Å². The van der Waals surface area contributed by atoms with Crippen LogP contribution in [0.5, 0.6) is 0 Å². The van der Waals surface area contributed by atoms with Gasteiger partial charge in [-0.3, -0.25) is 14.2 Å². The van der Waals surface area contributed by atoms with Crippen LogP contribution in [0, 0.1) is 6.92 Å². The van der Waals surface area contributed by atoms with Gasteiger partial charge in [0, 0.05) is 30.4 Å². The predicted octanol–water partition coefficient (Wildman–Crippen LogP) is 2.65. The molecular weight excluding hydrogens is 439 g/mol. The topological polar surface area (TPSA) is 122 Å². The van der Waals surface area contributed by atoms with Crippen molar-refractivity contribution in [1.29, 1.82) is 0 Å². The van der Waals surface area contributed by atoms with Crippen molar-refractivity contribution in [1.82, 2.24) is 34.4 Å². The Bertz CT molecular complexity index is 1620. The molecule has 6 rings (SSSR count). The number of fused-ring (bicyclic) bond motifs is 3. The maximum absolute atomic E-state index is 13.3. The van der Waals surface area contributed by atoms with Crippen molar-refractivity contribution in [3.63, 3.8) is 0 Å². The van der Waals surface area contributed by atoms with Crippen molar-refractivity contribution in [3.05, 3.63) is 76.7 Å². The van der Waals surface area contributed by atoms with Gasteiger partial charge in [-0.2, -0.15) is 0 Å². The summed E-state index contributed by atoms with van der Waals surface area (Å²) in [5.74, 6) is 0.390. The van der Waals surface area contributed by atoms with Gasteiger partial charge >= 0.3 is 0 Å². The molecule has 1 fully saturated rings. The Morgan fingerprint density at radius 3 is 2.82 bits per heavy atom. The van der Waals surface area contributed by atoms with Gasteiger partial charge in [-0.15, -0.1) is 5.10 Å². The Morgan fingerprint density at radius 1 is 1.21 bits per heavy atom. The quantitative estimate of drug-likeness (QED) is 0.372. The highest BCUT2D eigenvalue weighted by Crippen LogP contribution is 2.28. The van der Waals surface area contributed by atoms with Gasteiger partial charge in [0.05, 0.1) is 17.8 Å². The average Bonchev–Trinajstić information content (AvgIpc) is 3.20. The van der Waals surface area contributed by atoms with Gasteiger partial charge in [0.1, 0.15) is 17.7 Å². The minimum absolute atomic E-state index is 0.169. The van der Waals surface area contributed by atoms with E-state index in [2.05, 4.69) is 30.7 Å². The highest BCUT2D eigenvalue weighted by Gasteiger charge is 2.39. The summed E-state index contributed by atoms with van der Waals surface area (Å²) in [6, 6.07) is 8.35. The molecule has 1 amide bonds. The highest BCUT2D eigenvalue weighted by atomic mass is 19.1. The fourth-order valence-corrected chi connectivity index (χ4v) is 3.83. The molecule has 0 spiro atoms. The van der Waals surface area contributed by atoms with Gasteiger partial charge in [0.25, 0.3) is 11.5 Å². The second-order valence-electron chi connectivity index (χ2n) is 8.24. The molecule has 10 nitrogen and oxygen atoms in total. The number of hydrogen-bond acceptors (Lipinski definition) is 6. The van der Waals surface area contributed by atoms with Crippen LogP contribution >= 0.6 is 0 Å². The van der Waals surface area contributed by atoms with Gasteiger partial charge in [0.15, 0.2) is 17.2 Å². The van der Waals surface area contributed by atoms with E-state index in [1.54, 1.807) is 42.9 Å². The Balaban J connectivity index is 1.42. The number of hydrogen-bond donors (Lipinski definition) is 3. The van der Waals surface area contributed by atoms with Crippen LogP contribution in [0.25, 0.3) is 22.4 Å². The first kappa shape index (κ1) is 20.1. The van der Waals surface area contributed by atoms with Crippen LogP contribution in [0.2, 0.25) is 0 Å². The number of alkyl halides is 1. The van der Waals surface area contributed by atoms with E-state index in [0.29, 0.717) is 34.6 Å². The van der Waals surface area contributed by atoms with E-state index < -0.39 is 18.1 Å². The number of carbonyl (C=O) groups is 1. The lowest BCUT2D eigenvalue weighted by atomic mass is 10.3. The fourth-order valence-electron chi connectivity index (χ4n) is 3.83. The molecule has 0 aromatic carbocycles. The lowest BCUT2D eigenvalue weighted by molar-refractivity contribution is 0.0940. The zero-order valence-corrected chi connectivity index (χ0v) is 18.0. The maximum atomic E-state index is 13.3. The molecule has 5 heterocycles. The molecule has 0 aliphatic heterocycles. The van der Waals surface area contributed by atoms with Crippen LogP contribution in [0.3, 0.4) is 0 Å². The molecule has 34 heavy (non-hydrogen) atoms. The zero-order valence-electron chi connectivity index (χ0n) is 18.0. The summed E-state index contributed by atoms with van der Waals surface area (Å²) < 4.78 is 16.1. The molecule has 5 aromatic rings. The van der Waals surface area contributed by atoms with E-state index in [-0.39, 0.29) is 16.9 Å². The molecule has 1 aliphatic carbocycles. The summed E-state index contributed by atoms with van der Waals surface area (Å²) in [7, 11) is 0. The number of carbonyl (C=O) groups excluding carboxylic acids is 1. The first-order chi connectivity index (χ1) is 16.5. The van der Waals surface area contributed by atoms with E-state index in [9.17, 15) is 14.0 Å². The van der Waals surface area contributed by atoms with Gasteiger partial charge < -0.3 is 15.6 Å². The van der Waals surface area contributed by atoms with E-state index in [0.717, 1.165) is 5.56 Å². The van der Waals surface area contributed by atoms with Crippen LogP contribution < -0.4 is 16.2 Å². The number of pyridine rings is 2. The third-order valence-electron chi connectivity index (χ3n) is 5.77. The lowest BCUT2D eigenvalue weighted by Gasteiger charge is -2.11. The number of H-pyrrole nitrogens is 1. The average molecular weight is 458 g/mol. The van der Waals surface area contributed by atoms with Crippen molar-refractivity contribution >= 4 is 34.0 Å². The largest absolute Gasteiger partial charge is 0.358 e. The molecule has 170 valence electrons. The van der Waals surface area contributed by atoms with Gasteiger partial charge in [-0.1, -0.05) is 6.07 Å². The number of rotatable bonds is 5. The number of halogens is 1. The molecule has 0 radical (unpaired) electrons. The van der Waals surface area contributed by atoms with Crippen molar-refractivity contribution < 1.29 is 9.18 Å². The molecule has 5 aromatic heterocycles. The van der Waals surface area contributed by atoms with E-state index in [4.69, 9.17) is 0 Å². The first-order valence-corrected chi connectivity index (χ1v) is 10.7. The fraction of sp³-hybridized carbons (Fsp3) is 0.174. The van der Waals surface area contributed by atoms with Gasteiger partial charge in [-0.25, -0.2) is 18.9 Å². The van der Waals surface area contributed by atoms with Crippen LogP contribution in [-0.2, 0) is 0 Å². The molecule has 11 heteroatoms. The normalized spacial score (nSPS) is 17.2. The SMILES string of the molecule is Cc1ccc(-n2cccc(Nc3nn4c(C(=O)N[C@@H]5C[C@@H]5F)cnc4c4[nH]ccc34)c2=O)nc1. The molecule has 0 saturated heterocycles. The molecule has 3 N–H and O–H groups in total. The standard InChI is InChI=1S/C23H19FN8O2/c1-12-4-5-18(26-10-12)31-8-2-3-15(23(31)34)28-20-13-6-7-25-19(13)21-27-11-17(32(21)30-20)22(33)29-16-9-14(16)24/h2-8,10-11,14,16,25H,9H2,1H3,(H,28,30)(H,29,33)/t14-,16+/m0/s1. The van der Waals surface area contributed by atoms with Crippen LogP contribution in [0.15, 0.2) is 59.9 Å². The number of anilines is 2. The summed E-state index contributed by atoms with van der Waals surface area (Å²) in [6.07, 6.45) is 5.74. The predicted molar refractivity (Wildman–Crippen MR) is 123 cm³/mol. The Morgan fingerprint density at radius 2 is 2.06 bits per heavy atom. The second-order valence-corrected chi connectivity index (χ2v) is 8.24. The summed E-state index contributed by atoms with van der Waals surface area (Å²) in [4.78, 5) is 37.6. The first-order valence-electron chi connectivity index (χ1n) is 10.7. The second kappa shape index (κ2) is 7.51. The summed E-state index contributed by atoms with van der Waals surface area (Å²) in [6.45, 7) is 1.92. The molecule has 1 saturated carbocycles. The smallest absolute Gasteiger partial charge is 0.279 e. The number of aryl methyl sites for hydroxylation is 1. The van der Waals surface area contributed by atoms with Gasteiger partial charge in [0.2, 0.25) is 0 Å². The molecule has 0 bridgehead atoms. The van der Waals surface area contributed by atoms with Crippen LogP contribution in [0.4, 0.5) is 15.9 Å². The minimum atomic E-state index is -1.02. The van der Waals surface area contributed by atoms with Crippen molar-refractivity contribution in [3.8, 4) is 5.82 Å². The maximum Gasteiger partial charge on any atom is 0.279 e. The van der Waals surface area contributed by atoms with Crippen molar-refractivity contribution in [2.45, 2.75) is 25.6 Å². The third-order valence-corrected chi connectivity index (χ3v) is 5.77. The minimum Gasteiger partial charge on any atom is -0.358 e.